The van der Waals surface area contributed by atoms with Gasteiger partial charge in [-0.3, -0.25) is 9.59 Å². The number of nitrogens with one attached hydrogen (secondary N) is 1. The molecule has 0 saturated carbocycles. The Morgan fingerprint density at radius 3 is 2.50 bits per heavy atom. The fourth-order valence-corrected chi connectivity index (χ4v) is 2.90. The number of carbonyl (C=O) groups is 2. The number of benzene rings is 2. The number of methoxy groups -OCH3 is 1. The van der Waals surface area contributed by atoms with Crippen LogP contribution in [-0.4, -0.2) is 38.6 Å². The van der Waals surface area contributed by atoms with Crippen LogP contribution in [0.3, 0.4) is 0 Å². The molecular formula is C20H22N2O4. The summed E-state index contributed by atoms with van der Waals surface area (Å²) in [5.74, 6) is 1.01. The van der Waals surface area contributed by atoms with Crippen molar-refractivity contribution in [3.05, 3.63) is 54.6 Å². The second kappa shape index (κ2) is 8.38. The van der Waals surface area contributed by atoms with Gasteiger partial charge >= 0.3 is 0 Å². The molecule has 2 aromatic rings. The molecule has 0 aliphatic carbocycles. The molecular weight excluding hydrogens is 332 g/mol. The van der Waals surface area contributed by atoms with Crippen molar-refractivity contribution in [2.75, 3.05) is 31.7 Å². The van der Waals surface area contributed by atoms with Crippen molar-refractivity contribution >= 4 is 17.5 Å². The maximum Gasteiger partial charge on any atom is 0.227 e. The normalized spacial score (nSPS) is 16.4. The number of rotatable bonds is 7. The molecule has 136 valence electrons. The van der Waals surface area contributed by atoms with E-state index in [1.165, 1.54) is 0 Å². The van der Waals surface area contributed by atoms with Gasteiger partial charge in [-0.15, -0.1) is 0 Å². The molecule has 1 aliphatic rings. The Labute approximate surface area is 152 Å². The first-order valence-corrected chi connectivity index (χ1v) is 8.57. The number of hydrogen-bond donors (Lipinski definition) is 1. The summed E-state index contributed by atoms with van der Waals surface area (Å²) < 4.78 is 10.7. The molecule has 1 heterocycles. The summed E-state index contributed by atoms with van der Waals surface area (Å²) in [5.41, 5.74) is 0.829. The summed E-state index contributed by atoms with van der Waals surface area (Å²) in [6.45, 7) is 1.16. The SMILES string of the molecule is COc1ccc(OCCNC(=O)C2CC(=O)N(c3ccccc3)C2)cc1. The number of hydrogen-bond acceptors (Lipinski definition) is 4. The molecule has 1 fully saturated rings. The van der Waals surface area contributed by atoms with E-state index in [-0.39, 0.29) is 24.2 Å². The van der Waals surface area contributed by atoms with Crippen molar-refractivity contribution in [2.24, 2.45) is 5.92 Å². The van der Waals surface area contributed by atoms with Gasteiger partial charge in [0.2, 0.25) is 11.8 Å². The summed E-state index contributed by atoms with van der Waals surface area (Å²) >= 11 is 0. The van der Waals surface area contributed by atoms with E-state index in [0.29, 0.717) is 25.4 Å². The van der Waals surface area contributed by atoms with Gasteiger partial charge in [0, 0.05) is 18.7 Å². The van der Waals surface area contributed by atoms with E-state index in [9.17, 15) is 9.59 Å². The smallest absolute Gasteiger partial charge is 0.227 e. The second-order valence-corrected chi connectivity index (χ2v) is 6.06. The summed E-state index contributed by atoms with van der Waals surface area (Å²) in [6.07, 6.45) is 0.236. The Hall–Kier alpha value is -3.02. The van der Waals surface area contributed by atoms with E-state index in [1.54, 1.807) is 12.0 Å². The molecule has 6 nitrogen and oxygen atoms in total. The Bertz CT molecular complexity index is 746. The molecule has 0 aromatic heterocycles. The summed E-state index contributed by atoms with van der Waals surface area (Å²) in [4.78, 5) is 26.1. The zero-order valence-electron chi connectivity index (χ0n) is 14.7. The van der Waals surface area contributed by atoms with Gasteiger partial charge < -0.3 is 19.7 Å². The fourth-order valence-electron chi connectivity index (χ4n) is 2.90. The quantitative estimate of drug-likeness (QED) is 0.775. The Morgan fingerprint density at radius 2 is 1.81 bits per heavy atom. The second-order valence-electron chi connectivity index (χ2n) is 6.06. The first-order chi connectivity index (χ1) is 12.7. The minimum atomic E-state index is -0.330. The van der Waals surface area contributed by atoms with Gasteiger partial charge in [-0.2, -0.15) is 0 Å². The van der Waals surface area contributed by atoms with Crippen LogP contribution in [0.25, 0.3) is 0 Å². The van der Waals surface area contributed by atoms with E-state index >= 15 is 0 Å². The van der Waals surface area contributed by atoms with Gasteiger partial charge in [-0.05, 0) is 36.4 Å². The third-order valence-corrected chi connectivity index (χ3v) is 4.29. The molecule has 0 radical (unpaired) electrons. The minimum Gasteiger partial charge on any atom is -0.497 e. The van der Waals surface area contributed by atoms with E-state index in [1.807, 2.05) is 54.6 Å². The minimum absolute atomic E-state index is 0.0224. The Balaban J connectivity index is 1.43. The van der Waals surface area contributed by atoms with Crippen LogP contribution >= 0.6 is 0 Å². The van der Waals surface area contributed by atoms with Gasteiger partial charge in [0.1, 0.15) is 18.1 Å². The first kappa shape index (κ1) is 17.8. The van der Waals surface area contributed by atoms with Gasteiger partial charge in [0.05, 0.1) is 19.6 Å². The highest BCUT2D eigenvalue weighted by Crippen LogP contribution is 2.24. The molecule has 1 saturated heterocycles. The van der Waals surface area contributed by atoms with Crippen LogP contribution in [0.5, 0.6) is 11.5 Å². The van der Waals surface area contributed by atoms with Crippen molar-refractivity contribution in [3.8, 4) is 11.5 Å². The molecule has 0 bridgehead atoms. The molecule has 6 heteroatoms. The largest absolute Gasteiger partial charge is 0.497 e. The van der Waals surface area contributed by atoms with Crippen molar-refractivity contribution in [1.82, 2.24) is 5.32 Å². The summed E-state index contributed by atoms with van der Waals surface area (Å²) in [6, 6.07) is 16.7. The summed E-state index contributed by atoms with van der Waals surface area (Å²) in [5, 5.41) is 2.84. The number of anilines is 1. The lowest BCUT2D eigenvalue weighted by Crippen LogP contribution is -2.35. The third kappa shape index (κ3) is 4.33. The molecule has 1 atom stereocenters. The Kier molecular flexibility index (Phi) is 5.73. The average Bonchev–Trinajstić information content (AvgIpc) is 3.08. The van der Waals surface area contributed by atoms with Crippen LogP contribution in [0.4, 0.5) is 5.69 Å². The van der Waals surface area contributed by atoms with Crippen LogP contribution in [0, 0.1) is 5.92 Å². The number of carbonyl (C=O) groups excluding carboxylic acids is 2. The maximum absolute atomic E-state index is 12.3. The van der Waals surface area contributed by atoms with Gasteiger partial charge in [0.15, 0.2) is 0 Å². The topological polar surface area (TPSA) is 67.9 Å². The van der Waals surface area contributed by atoms with Crippen LogP contribution < -0.4 is 19.7 Å². The number of nitrogens with zero attached hydrogens (tertiary/aromatic N) is 1. The van der Waals surface area contributed by atoms with Crippen LogP contribution in [-0.2, 0) is 9.59 Å². The van der Waals surface area contributed by atoms with Gasteiger partial charge in [-0.25, -0.2) is 0 Å². The molecule has 1 unspecified atom stereocenters. The molecule has 26 heavy (non-hydrogen) atoms. The summed E-state index contributed by atoms with van der Waals surface area (Å²) in [7, 11) is 1.61. The predicted molar refractivity (Wildman–Crippen MR) is 98.4 cm³/mol. The number of ether oxygens (including phenoxy) is 2. The first-order valence-electron chi connectivity index (χ1n) is 8.57. The lowest BCUT2D eigenvalue weighted by molar-refractivity contribution is -0.126. The predicted octanol–water partition coefficient (Wildman–Crippen LogP) is 2.24. The fraction of sp³-hybridized carbons (Fsp3) is 0.300. The number of amides is 2. The zero-order chi connectivity index (χ0) is 18.4. The van der Waals surface area contributed by atoms with E-state index in [2.05, 4.69) is 5.32 Å². The van der Waals surface area contributed by atoms with Gasteiger partial charge in [0.25, 0.3) is 0 Å². The van der Waals surface area contributed by atoms with Crippen molar-refractivity contribution in [2.45, 2.75) is 6.42 Å². The van der Waals surface area contributed by atoms with Crippen molar-refractivity contribution in [3.63, 3.8) is 0 Å². The van der Waals surface area contributed by atoms with E-state index < -0.39 is 0 Å². The standard InChI is InChI=1S/C20H22N2O4/c1-25-17-7-9-18(10-8-17)26-12-11-21-20(24)15-13-19(23)22(14-15)16-5-3-2-4-6-16/h2-10,15H,11-14H2,1H3,(H,21,24). The maximum atomic E-state index is 12.3. The van der Waals surface area contributed by atoms with Crippen LogP contribution in [0.2, 0.25) is 0 Å². The molecule has 1 aliphatic heterocycles. The molecule has 3 rings (SSSR count). The zero-order valence-corrected chi connectivity index (χ0v) is 14.7. The number of para-hydroxylation sites is 1. The Morgan fingerprint density at radius 1 is 1.12 bits per heavy atom. The van der Waals surface area contributed by atoms with Crippen molar-refractivity contribution in [1.29, 1.82) is 0 Å². The van der Waals surface area contributed by atoms with Crippen LogP contribution in [0.1, 0.15) is 6.42 Å². The molecule has 2 amide bonds. The average molecular weight is 354 g/mol. The third-order valence-electron chi connectivity index (χ3n) is 4.29. The van der Waals surface area contributed by atoms with E-state index in [4.69, 9.17) is 9.47 Å². The van der Waals surface area contributed by atoms with Crippen LogP contribution in [0.15, 0.2) is 54.6 Å². The molecule has 2 aromatic carbocycles. The molecule has 1 N–H and O–H groups in total. The highest BCUT2D eigenvalue weighted by molar-refractivity contribution is 6.00. The highest BCUT2D eigenvalue weighted by atomic mass is 16.5. The van der Waals surface area contributed by atoms with Gasteiger partial charge in [-0.1, -0.05) is 18.2 Å². The highest BCUT2D eigenvalue weighted by Gasteiger charge is 2.34. The lowest BCUT2D eigenvalue weighted by Gasteiger charge is -2.16. The van der Waals surface area contributed by atoms with Crippen molar-refractivity contribution < 1.29 is 19.1 Å². The molecule has 0 spiro atoms. The monoisotopic (exact) mass is 354 g/mol. The lowest BCUT2D eigenvalue weighted by atomic mass is 10.1. The van der Waals surface area contributed by atoms with E-state index in [0.717, 1.165) is 11.4 Å².